The fourth-order valence-corrected chi connectivity index (χ4v) is 3.08. The minimum Gasteiger partial charge on any atom is -0.466 e. The number of carbonyl (C=O) groups excluding carboxylic acids is 2. The van der Waals surface area contributed by atoms with E-state index in [0.29, 0.717) is 17.7 Å². The van der Waals surface area contributed by atoms with Crippen LogP contribution in [-0.4, -0.2) is 19.1 Å². The van der Waals surface area contributed by atoms with Gasteiger partial charge in [0.15, 0.2) is 0 Å². The van der Waals surface area contributed by atoms with Crippen LogP contribution in [0, 0.1) is 0 Å². The van der Waals surface area contributed by atoms with Gasteiger partial charge >= 0.3 is 12.0 Å². The van der Waals surface area contributed by atoms with Crippen LogP contribution in [0.4, 0.5) is 4.79 Å². The third kappa shape index (κ3) is 3.91. The maximum absolute atomic E-state index is 12.4. The molecule has 3 rings (SSSR count). The number of carbonyl (C=O) groups is 2. The molecular formula is C19H17BrN2O3. The van der Waals surface area contributed by atoms with E-state index >= 15 is 0 Å². The molecule has 0 radical (unpaired) electrons. The van der Waals surface area contributed by atoms with Gasteiger partial charge < -0.3 is 15.4 Å². The normalized spacial score (nSPS) is 16.9. The van der Waals surface area contributed by atoms with Crippen molar-refractivity contribution in [1.29, 1.82) is 0 Å². The summed E-state index contributed by atoms with van der Waals surface area (Å²) in [5.41, 5.74) is 2.77. The highest BCUT2D eigenvalue weighted by atomic mass is 79.9. The van der Waals surface area contributed by atoms with Crippen LogP contribution in [0.25, 0.3) is 0 Å². The van der Waals surface area contributed by atoms with Gasteiger partial charge in [0.2, 0.25) is 0 Å². The smallest absolute Gasteiger partial charge is 0.337 e. The first-order chi connectivity index (χ1) is 12.1. The van der Waals surface area contributed by atoms with Crippen molar-refractivity contribution < 1.29 is 14.3 Å². The van der Waals surface area contributed by atoms with Crippen molar-refractivity contribution in [3.05, 3.63) is 81.5 Å². The minimum absolute atomic E-state index is 0.341. The molecule has 2 N–H and O–H groups in total. The van der Waals surface area contributed by atoms with Gasteiger partial charge in [-0.3, -0.25) is 0 Å². The Kier molecular flexibility index (Phi) is 5.19. The Bertz CT molecular complexity index is 816. The third-order valence-electron chi connectivity index (χ3n) is 3.99. The maximum atomic E-state index is 12.4. The monoisotopic (exact) mass is 400 g/mol. The maximum Gasteiger partial charge on any atom is 0.337 e. The van der Waals surface area contributed by atoms with Crippen molar-refractivity contribution in [2.45, 2.75) is 12.5 Å². The SMILES string of the molecule is COC(=O)C1=C(Cc2ccccc2)NC(=O)NC1c1ccc(Br)cc1. The average Bonchev–Trinajstić information content (AvgIpc) is 2.62. The molecule has 2 aromatic rings. The molecule has 0 bridgehead atoms. The first kappa shape index (κ1) is 17.2. The van der Waals surface area contributed by atoms with Crippen molar-refractivity contribution in [3.63, 3.8) is 0 Å². The predicted octanol–water partition coefficient (Wildman–Crippen LogP) is 3.47. The Labute approximate surface area is 154 Å². The minimum atomic E-state index is -0.562. The first-order valence-electron chi connectivity index (χ1n) is 7.76. The lowest BCUT2D eigenvalue weighted by Crippen LogP contribution is -2.46. The number of rotatable bonds is 4. The summed E-state index contributed by atoms with van der Waals surface area (Å²) in [6, 6.07) is 16.2. The van der Waals surface area contributed by atoms with E-state index in [4.69, 9.17) is 4.74 Å². The molecule has 1 unspecified atom stereocenters. The van der Waals surface area contributed by atoms with Gasteiger partial charge in [0, 0.05) is 16.6 Å². The number of esters is 1. The average molecular weight is 401 g/mol. The Morgan fingerprint density at radius 1 is 1.12 bits per heavy atom. The highest BCUT2D eigenvalue weighted by molar-refractivity contribution is 9.10. The first-order valence-corrected chi connectivity index (χ1v) is 8.56. The Balaban J connectivity index is 2.06. The van der Waals surface area contributed by atoms with Crippen molar-refractivity contribution >= 4 is 27.9 Å². The van der Waals surface area contributed by atoms with E-state index in [1.54, 1.807) is 0 Å². The van der Waals surface area contributed by atoms with E-state index in [1.807, 2.05) is 54.6 Å². The zero-order valence-electron chi connectivity index (χ0n) is 13.6. The molecule has 0 saturated heterocycles. The van der Waals surface area contributed by atoms with Crippen molar-refractivity contribution in [3.8, 4) is 0 Å². The standard InChI is InChI=1S/C19H17BrN2O3/c1-25-18(23)16-15(11-12-5-3-2-4-6-12)21-19(24)22-17(16)13-7-9-14(20)10-8-13/h2-10,17H,11H2,1H3,(H2,21,22,24). The molecule has 5 nitrogen and oxygen atoms in total. The lowest BCUT2D eigenvalue weighted by molar-refractivity contribution is -0.136. The molecule has 0 aromatic heterocycles. The fraction of sp³-hybridized carbons (Fsp3) is 0.158. The number of allylic oxidation sites excluding steroid dienone is 1. The number of hydrogen-bond acceptors (Lipinski definition) is 3. The van der Waals surface area contributed by atoms with E-state index < -0.39 is 12.0 Å². The second-order valence-corrected chi connectivity index (χ2v) is 6.54. The highest BCUT2D eigenvalue weighted by Gasteiger charge is 2.33. The van der Waals surface area contributed by atoms with Gasteiger partial charge in [0.05, 0.1) is 18.7 Å². The Morgan fingerprint density at radius 2 is 1.80 bits per heavy atom. The van der Waals surface area contributed by atoms with Gasteiger partial charge in [-0.25, -0.2) is 9.59 Å². The van der Waals surface area contributed by atoms with Crippen LogP contribution in [-0.2, 0) is 16.0 Å². The van der Waals surface area contributed by atoms with E-state index in [0.717, 1.165) is 15.6 Å². The van der Waals surface area contributed by atoms with Crippen molar-refractivity contribution in [2.24, 2.45) is 0 Å². The molecule has 1 aliphatic heterocycles. The number of methoxy groups -OCH3 is 1. The second-order valence-electron chi connectivity index (χ2n) is 5.63. The van der Waals surface area contributed by atoms with Gasteiger partial charge in [-0.05, 0) is 23.3 Å². The quantitative estimate of drug-likeness (QED) is 0.772. The largest absolute Gasteiger partial charge is 0.466 e. The van der Waals surface area contributed by atoms with Crippen LogP contribution in [0.15, 0.2) is 70.3 Å². The van der Waals surface area contributed by atoms with Gasteiger partial charge in [0.25, 0.3) is 0 Å². The summed E-state index contributed by atoms with van der Waals surface area (Å²) in [6.07, 6.45) is 0.436. The van der Waals surface area contributed by atoms with E-state index in [2.05, 4.69) is 26.6 Å². The van der Waals surface area contributed by atoms with E-state index in [1.165, 1.54) is 7.11 Å². The second kappa shape index (κ2) is 7.53. The molecule has 1 heterocycles. The fourth-order valence-electron chi connectivity index (χ4n) is 2.81. The van der Waals surface area contributed by atoms with Crippen LogP contribution in [0.3, 0.4) is 0 Å². The van der Waals surface area contributed by atoms with Crippen molar-refractivity contribution in [2.75, 3.05) is 7.11 Å². The molecule has 0 spiro atoms. The number of nitrogens with one attached hydrogen (secondary N) is 2. The zero-order valence-corrected chi connectivity index (χ0v) is 15.2. The molecule has 25 heavy (non-hydrogen) atoms. The summed E-state index contributed by atoms with van der Waals surface area (Å²) < 4.78 is 5.89. The summed E-state index contributed by atoms with van der Waals surface area (Å²) in [4.78, 5) is 24.6. The number of hydrogen-bond donors (Lipinski definition) is 2. The number of benzene rings is 2. The molecule has 2 amide bonds. The molecule has 0 saturated carbocycles. The van der Waals surface area contributed by atoms with Crippen LogP contribution in [0.5, 0.6) is 0 Å². The summed E-state index contributed by atoms with van der Waals surface area (Å²) in [6.45, 7) is 0. The zero-order chi connectivity index (χ0) is 17.8. The lowest BCUT2D eigenvalue weighted by Gasteiger charge is -2.29. The summed E-state index contributed by atoms with van der Waals surface area (Å²) in [5.74, 6) is -0.466. The molecular weight excluding hydrogens is 384 g/mol. The molecule has 128 valence electrons. The summed E-state index contributed by atoms with van der Waals surface area (Å²) in [7, 11) is 1.34. The van der Waals surface area contributed by atoms with Crippen molar-refractivity contribution in [1.82, 2.24) is 10.6 Å². The van der Waals surface area contributed by atoms with Crippen LogP contribution in [0.2, 0.25) is 0 Å². The number of amides is 2. The number of halogens is 1. The lowest BCUT2D eigenvalue weighted by atomic mass is 9.93. The van der Waals surface area contributed by atoms with Crippen LogP contribution >= 0.6 is 15.9 Å². The molecule has 1 aliphatic rings. The Hall–Kier alpha value is -2.60. The van der Waals surface area contributed by atoms with E-state index in [9.17, 15) is 9.59 Å². The highest BCUT2D eigenvalue weighted by Crippen LogP contribution is 2.29. The predicted molar refractivity (Wildman–Crippen MR) is 97.7 cm³/mol. The molecule has 1 atom stereocenters. The number of ether oxygens (including phenoxy) is 1. The topological polar surface area (TPSA) is 67.4 Å². The Morgan fingerprint density at radius 3 is 2.44 bits per heavy atom. The van der Waals surface area contributed by atoms with Gasteiger partial charge in [0.1, 0.15) is 0 Å². The summed E-state index contributed by atoms with van der Waals surface area (Å²) >= 11 is 3.39. The van der Waals surface area contributed by atoms with E-state index in [-0.39, 0.29) is 6.03 Å². The van der Waals surface area contributed by atoms with Crippen LogP contribution < -0.4 is 10.6 Å². The summed E-state index contributed by atoms with van der Waals surface area (Å²) in [5, 5.41) is 5.57. The number of urea groups is 1. The molecule has 6 heteroatoms. The van der Waals surface area contributed by atoms with Gasteiger partial charge in [-0.2, -0.15) is 0 Å². The molecule has 2 aromatic carbocycles. The third-order valence-corrected chi connectivity index (χ3v) is 4.51. The van der Waals surface area contributed by atoms with Gasteiger partial charge in [-0.1, -0.05) is 58.4 Å². The van der Waals surface area contributed by atoms with Crippen LogP contribution in [0.1, 0.15) is 17.2 Å². The van der Waals surface area contributed by atoms with Gasteiger partial charge in [-0.15, -0.1) is 0 Å². The molecule has 0 fully saturated rings. The molecule has 0 aliphatic carbocycles.